The number of nitrogens with zero attached hydrogens (tertiary/aromatic N) is 3. The second-order valence-electron chi connectivity index (χ2n) is 13.8. The Labute approximate surface area is 319 Å². The first-order valence-electron chi connectivity index (χ1n) is 17.3. The average molecular weight is 831 g/mol. The summed E-state index contributed by atoms with van der Waals surface area (Å²) < 4.78 is 5.39. The third kappa shape index (κ3) is 30.6. The van der Waals surface area contributed by atoms with Crippen LogP contribution in [0.2, 0.25) is 0 Å². The van der Waals surface area contributed by atoms with Crippen molar-refractivity contribution >= 4 is 29.8 Å². The molecule has 0 heterocycles. The molecule has 0 fully saturated rings. The van der Waals surface area contributed by atoms with Crippen LogP contribution >= 0.6 is 0 Å². The number of carbonyl (C=O) groups is 5. The quantitative estimate of drug-likeness (QED) is 0.0729. The molecule has 0 aliphatic rings. The van der Waals surface area contributed by atoms with Gasteiger partial charge in [0, 0.05) is 26.2 Å². The Morgan fingerprint density at radius 2 is 0.792 bits per heavy atom. The van der Waals surface area contributed by atoms with Gasteiger partial charge in [-0.25, -0.2) is 0 Å². The van der Waals surface area contributed by atoms with Crippen LogP contribution < -0.4 is 0 Å². The molecule has 1 radical (unpaired) electrons. The van der Waals surface area contributed by atoms with Crippen molar-refractivity contribution in [2.75, 3.05) is 65.5 Å². The van der Waals surface area contributed by atoms with E-state index in [4.69, 9.17) is 14.9 Å². The molecular formula is C34H63GdN3O10+3. The predicted octanol–water partition coefficient (Wildman–Crippen LogP) is 4.24. The minimum atomic E-state index is -1.22. The van der Waals surface area contributed by atoms with Gasteiger partial charge in [0.1, 0.15) is 0 Å². The molecule has 14 heteroatoms. The van der Waals surface area contributed by atoms with Crippen molar-refractivity contribution in [3.05, 3.63) is 0 Å². The summed E-state index contributed by atoms with van der Waals surface area (Å²) in [4.78, 5) is 61.4. The smallest absolute Gasteiger partial charge is 0.480 e. The van der Waals surface area contributed by atoms with Crippen LogP contribution in [-0.4, -0.2) is 130 Å². The van der Waals surface area contributed by atoms with Gasteiger partial charge in [-0.05, 0) is 30.1 Å². The fraction of sp³-hybridized carbons (Fsp3) is 0.853. The molecule has 0 aliphatic heterocycles. The van der Waals surface area contributed by atoms with Crippen molar-refractivity contribution in [3.63, 3.8) is 0 Å². The molecule has 0 saturated carbocycles. The van der Waals surface area contributed by atoms with E-state index < -0.39 is 56.0 Å². The van der Waals surface area contributed by atoms with Gasteiger partial charge >= 0.3 is 69.8 Å². The topological polar surface area (TPSA) is 185 Å². The van der Waals surface area contributed by atoms with Crippen LogP contribution in [0.4, 0.5) is 0 Å². The van der Waals surface area contributed by atoms with E-state index in [0.29, 0.717) is 18.3 Å². The Balaban J connectivity index is 0. The summed E-state index contributed by atoms with van der Waals surface area (Å²) in [6.45, 7) is 9.54. The molecular weight excluding hydrogens is 768 g/mol. The summed E-state index contributed by atoms with van der Waals surface area (Å²) in [5.74, 6) is -2.65. The summed E-state index contributed by atoms with van der Waals surface area (Å²) in [6.07, 6.45) is 11.9. The largest absolute Gasteiger partial charge is 3.00 e. The summed E-state index contributed by atoms with van der Waals surface area (Å²) in [7, 11) is 0. The van der Waals surface area contributed by atoms with Crippen LogP contribution in [0.1, 0.15) is 98.8 Å². The zero-order chi connectivity index (χ0) is 35.8. The van der Waals surface area contributed by atoms with Crippen LogP contribution in [0, 0.1) is 63.6 Å². The first kappa shape index (κ1) is 48.7. The Morgan fingerprint density at radius 3 is 1.17 bits per heavy atom. The molecule has 3 unspecified atom stereocenters. The molecule has 0 aliphatic carbocycles. The fourth-order valence-electron chi connectivity index (χ4n) is 5.57. The third-order valence-corrected chi connectivity index (χ3v) is 8.39. The molecule has 0 aromatic rings. The number of carboxylic acid groups (broad SMARTS) is 4. The van der Waals surface area contributed by atoms with Gasteiger partial charge in [-0.15, -0.1) is 0 Å². The van der Waals surface area contributed by atoms with Gasteiger partial charge in [-0.2, -0.15) is 0 Å². The van der Waals surface area contributed by atoms with Gasteiger partial charge < -0.3 is 25.2 Å². The maximum Gasteiger partial charge on any atom is 3.00 e. The van der Waals surface area contributed by atoms with E-state index in [9.17, 15) is 34.2 Å². The number of rotatable bonds is 31. The Morgan fingerprint density at radius 1 is 0.479 bits per heavy atom. The first-order chi connectivity index (χ1) is 22.1. The van der Waals surface area contributed by atoms with Crippen molar-refractivity contribution in [2.24, 2.45) is 23.7 Å². The van der Waals surface area contributed by atoms with Crippen molar-refractivity contribution in [2.45, 2.75) is 98.8 Å². The molecule has 0 spiro atoms. The molecule has 0 aromatic carbocycles. The molecule has 0 aromatic heterocycles. The van der Waals surface area contributed by atoms with Crippen LogP contribution in [0.3, 0.4) is 0 Å². The standard InChI is InChI=1S/C34H63N3O10.Gd/c1-26(2)9-6-10-27(3)11-7-12-28(4)13-8-14-29(5)15-20-47-34(46)25-37(24-33(44)45)19-17-35(21-30(38)39)16-18-36(22-31(40)41)23-32(42)43;/h26-29H,6-25H2,1-5H3,(H,38,39)(H,40,41)(H,42,43)(H,44,45);/q;+3. The summed E-state index contributed by atoms with van der Waals surface area (Å²) in [5, 5.41) is 36.6. The van der Waals surface area contributed by atoms with E-state index in [2.05, 4.69) is 34.6 Å². The van der Waals surface area contributed by atoms with E-state index in [1.165, 1.54) is 54.7 Å². The van der Waals surface area contributed by atoms with Gasteiger partial charge in [0.05, 0.1) is 39.3 Å². The molecule has 48 heavy (non-hydrogen) atoms. The van der Waals surface area contributed by atoms with Gasteiger partial charge in [-0.3, -0.25) is 38.7 Å². The molecule has 0 rings (SSSR count). The van der Waals surface area contributed by atoms with Crippen LogP contribution in [0.15, 0.2) is 0 Å². The van der Waals surface area contributed by atoms with Crippen molar-refractivity contribution in [1.82, 2.24) is 14.7 Å². The monoisotopic (exact) mass is 831 g/mol. The molecule has 13 nitrogen and oxygen atoms in total. The minimum absolute atomic E-state index is 0. The van der Waals surface area contributed by atoms with E-state index >= 15 is 0 Å². The van der Waals surface area contributed by atoms with Crippen molar-refractivity contribution < 1.29 is 89.1 Å². The van der Waals surface area contributed by atoms with Gasteiger partial charge in [-0.1, -0.05) is 92.4 Å². The number of hydrogen-bond donors (Lipinski definition) is 4. The molecule has 3 atom stereocenters. The normalized spacial score (nSPS) is 13.4. The average Bonchev–Trinajstić information content (AvgIpc) is 2.92. The molecule has 0 amide bonds. The number of aliphatic carboxylic acids is 4. The minimum Gasteiger partial charge on any atom is -0.480 e. The SMILES string of the molecule is CC(C)CCCC(C)CCCC(C)CCCC(C)CCOC(=O)CN(CCN(CCN(CC(=O)O)CC(=O)O)CC(=O)O)CC(=O)O.[Gd+3]. The number of carboxylic acids is 4. The van der Waals surface area contributed by atoms with E-state index in [-0.39, 0.29) is 79.3 Å². The zero-order valence-corrected chi connectivity index (χ0v) is 32.2. The zero-order valence-electron chi connectivity index (χ0n) is 29.9. The molecule has 279 valence electrons. The number of esters is 1. The molecule has 0 bridgehead atoms. The Hall–Kier alpha value is -1.45. The summed E-state index contributed by atoms with van der Waals surface area (Å²) >= 11 is 0. The van der Waals surface area contributed by atoms with E-state index in [1.807, 2.05) is 0 Å². The first-order valence-corrected chi connectivity index (χ1v) is 17.3. The van der Waals surface area contributed by atoms with Gasteiger partial charge in [0.25, 0.3) is 0 Å². The fourth-order valence-corrected chi connectivity index (χ4v) is 5.57. The molecule has 4 N–H and O–H groups in total. The van der Waals surface area contributed by atoms with Crippen LogP contribution in [0.25, 0.3) is 0 Å². The number of carbonyl (C=O) groups excluding carboxylic acids is 1. The van der Waals surface area contributed by atoms with Crippen LogP contribution in [-0.2, 0) is 28.7 Å². The van der Waals surface area contributed by atoms with E-state index in [1.54, 1.807) is 0 Å². The maximum absolute atomic E-state index is 12.5. The Kier molecular flexibility index (Phi) is 29.7. The predicted molar refractivity (Wildman–Crippen MR) is 179 cm³/mol. The van der Waals surface area contributed by atoms with E-state index in [0.717, 1.165) is 29.6 Å². The second kappa shape index (κ2) is 29.3. The summed E-state index contributed by atoms with van der Waals surface area (Å²) in [6, 6.07) is 0. The Bertz CT molecular complexity index is 908. The van der Waals surface area contributed by atoms with Crippen molar-refractivity contribution in [3.8, 4) is 0 Å². The third-order valence-electron chi connectivity index (χ3n) is 8.39. The molecule has 0 saturated heterocycles. The second-order valence-corrected chi connectivity index (χ2v) is 13.8. The van der Waals surface area contributed by atoms with Crippen molar-refractivity contribution in [1.29, 1.82) is 0 Å². The van der Waals surface area contributed by atoms with Gasteiger partial charge in [0.2, 0.25) is 0 Å². The van der Waals surface area contributed by atoms with Crippen LogP contribution in [0.5, 0.6) is 0 Å². The number of ether oxygens (including phenoxy) is 1. The maximum atomic E-state index is 12.5. The van der Waals surface area contributed by atoms with Gasteiger partial charge in [0.15, 0.2) is 0 Å². The summed E-state index contributed by atoms with van der Waals surface area (Å²) in [5.41, 5.74) is 0. The number of hydrogen-bond acceptors (Lipinski definition) is 9.